The zero-order valence-corrected chi connectivity index (χ0v) is 10.3. The first-order valence-corrected chi connectivity index (χ1v) is 6.65. The molecule has 17 heavy (non-hydrogen) atoms. The maximum atomic E-state index is 11.9. The van der Waals surface area contributed by atoms with Crippen LogP contribution in [0.2, 0.25) is 0 Å². The van der Waals surface area contributed by atoms with Crippen LogP contribution in [0.5, 0.6) is 0 Å². The molecule has 0 spiro atoms. The van der Waals surface area contributed by atoms with E-state index in [-0.39, 0.29) is 5.91 Å². The van der Waals surface area contributed by atoms with Crippen molar-refractivity contribution < 1.29 is 14.7 Å². The normalized spacial score (nSPS) is 24.7. The SMILES string of the molecule is O=C1CCCCCN1CC1(C(=O)O)CCCC1. The summed E-state index contributed by atoms with van der Waals surface area (Å²) in [6, 6.07) is 0. The van der Waals surface area contributed by atoms with Gasteiger partial charge in [-0.1, -0.05) is 19.3 Å². The van der Waals surface area contributed by atoms with Crippen molar-refractivity contribution in [3.05, 3.63) is 0 Å². The fraction of sp³-hybridized carbons (Fsp3) is 0.846. The zero-order chi connectivity index (χ0) is 12.3. The van der Waals surface area contributed by atoms with Gasteiger partial charge in [0.2, 0.25) is 5.91 Å². The predicted octanol–water partition coefficient (Wildman–Crippen LogP) is 2.03. The molecule has 4 heteroatoms. The predicted molar refractivity (Wildman–Crippen MR) is 63.6 cm³/mol. The van der Waals surface area contributed by atoms with Crippen molar-refractivity contribution in [1.82, 2.24) is 4.90 Å². The van der Waals surface area contributed by atoms with Crippen molar-refractivity contribution in [3.8, 4) is 0 Å². The molecule has 1 saturated carbocycles. The van der Waals surface area contributed by atoms with Crippen LogP contribution in [0.4, 0.5) is 0 Å². The molecule has 0 bridgehead atoms. The summed E-state index contributed by atoms with van der Waals surface area (Å²) in [5, 5.41) is 9.41. The van der Waals surface area contributed by atoms with E-state index in [1.54, 1.807) is 4.90 Å². The molecule has 1 heterocycles. The first-order chi connectivity index (χ1) is 8.14. The summed E-state index contributed by atoms with van der Waals surface area (Å²) in [6.45, 7) is 1.18. The van der Waals surface area contributed by atoms with Crippen molar-refractivity contribution >= 4 is 11.9 Å². The van der Waals surface area contributed by atoms with Crippen LogP contribution >= 0.6 is 0 Å². The molecule has 2 aliphatic rings. The summed E-state index contributed by atoms with van der Waals surface area (Å²) in [4.78, 5) is 25.1. The summed E-state index contributed by atoms with van der Waals surface area (Å²) in [5.74, 6) is -0.568. The van der Waals surface area contributed by atoms with Crippen LogP contribution in [0.1, 0.15) is 51.4 Å². The Balaban J connectivity index is 2.06. The average Bonchev–Trinajstić information content (AvgIpc) is 2.68. The molecule has 2 rings (SSSR count). The number of rotatable bonds is 3. The van der Waals surface area contributed by atoms with E-state index in [4.69, 9.17) is 0 Å². The van der Waals surface area contributed by atoms with Crippen LogP contribution in [-0.4, -0.2) is 35.0 Å². The fourth-order valence-electron chi connectivity index (χ4n) is 3.06. The van der Waals surface area contributed by atoms with E-state index >= 15 is 0 Å². The maximum absolute atomic E-state index is 11.9. The Kier molecular flexibility index (Phi) is 3.69. The molecule has 1 aliphatic heterocycles. The van der Waals surface area contributed by atoms with Crippen molar-refractivity contribution in [3.63, 3.8) is 0 Å². The van der Waals surface area contributed by atoms with E-state index in [2.05, 4.69) is 0 Å². The Morgan fingerprint density at radius 1 is 1.18 bits per heavy atom. The van der Waals surface area contributed by atoms with Gasteiger partial charge in [0.1, 0.15) is 0 Å². The number of hydrogen-bond donors (Lipinski definition) is 1. The lowest BCUT2D eigenvalue weighted by Gasteiger charge is -2.31. The first-order valence-electron chi connectivity index (χ1n) is 6.65. The minimum absolute atomic E-state index is 0.148. The molecule has 96 valence electrons. The molecule has 0 aromatic carbocycles. The van der Waals surface area contributed by atoms with E-state index in [0.29, 0.717) is 13.0 Å². The number of amides is 1. The van der Waals surface area contributed by atoms with Gasteiger partial charge in [-0.3, -0.25) is 9.59 Å². The molecule has 1 saturated heterocycles. The Morgan fingerprint density at radius 2 is 1.88 bits per heavy atom. The summed E-state index contributed by atoms with van der Waals surface area (Å²) in [6.07, 6.45) is 7.07. The molecular weight excluding hydrogens is 218 g/mol. The standard InChI is InChI=1S/C13H21NO3/c15-11-6-2-1-5-9-14(11)10-13(12(16)17)7-3-4-8-13/h1-10H2,(H,16,17). The average molecular weight is 239 g/mol. The lowest BCUT2D eigenvalue weighted by molar-refractivity contribution is -0.151. The number of nitrogens with zero attached hydrogens (tertiary/aromatic N) is 1. The first kappa shape index (κ1) is 12.4. The lowest BCUT2D eigenvalue weighted by atomic mass is 9.85. The van der Waals surface area contributed by atoms with E-state index in [0.717, 1.165) is 51.5 Å². The molecule has 1 aliphatic carbocycles. The molecule has 1 amide bonds. The highest BCUT2D eigenvalue weighted by molar-refractivity contribution is 5.79. The number of carbonyl (C=O) groups is 2. The number of carboxylic acids is 1. The van der Waals surface area contributed by atoms with Gasteiger partial charge < -0.3 is 10.0 Å². The quantitative estimate of drug-likeness (QED) is 0.819. The molecule has 0 aromatic rings. The topological polar surface area (TPSA) is 57.6 Å². The van der Waals surface area contributed by atoms with Gasteiger partial charge in [-0.15, -0.1) is 0 Å². The minimum atomic E-state index is -0.716. The molecular formula is C13H21NO3. The highest BCUT2D eigenvalue weighted by Gasteiger charge is 2.43. The smallest absolute Gasteiger partial charge is 0.311 e. The van der Waals surface area contributed by atoms with Gasteiger partial charge in [0.25, 0.3) is 0 Å². The van der Waals surface area contributed by atoms with E-state index in [9.17, 15) is 14.7 Å². The number of hydrogen-bond acceptors (Lipinski definition) is 2. The molecule has 0 unspecified atom stereocenters. The van der Waals surface area contributed by atoms with Crippen LogP contribution in [0.15, 0.2) is 0 Å². The van der Waals surface area contributed by atoms with Crippen LogP contribution in [0, 0.1) is 5.41 Å². The van der Waals surface area contributed by atoms with E-state index in [1.165, 1.54) is 0 Å². The summed E-state index contributed by atoms with van der Waals surface area (Å²) in [7, 11) is 0. The van der Waals surface area contributed by atoms with Gasteiger partial charge >= 0.3 is 5.97 Å². The van der Waals surface area contributed by atoms with Crippen molar-refractivity contribution in [2.24, 2.45) is 5.41 Å². The zero-order valence-electron chi connectivity index (χ0n) is 10.3. The third-order valence-corrected chi connectivity index (χ3v) is 4.18. The van der Waals surface area contributed by atoms with Gasteiger partial charge in [-0.05, 0) is 25.7 Å². The van der Waals surface area contributed by atoms with Crippen LogP contribution in [-0.2, 0) is 9.59 Å². The second kappa shape index (κ2) is 5.07. The summed E-state index contributed by atoms with van der Waals surface area (Å²) < 4.78 is 0. The Morgan fingerprint density at radius 3 is 2.53 bits per heavy atom. The van der Waals surface area contributed by atoms with Gasteiger partial charge in [0.05, 0.1) is 5.41 Å². The van der Waals surface area contributed by atoms with Gasteiger partial charge in [0, 0.05) is 19.5 Å². The highest BCUT2D eigenvalue weighted by Crippen LogP contribution is 2.39. The number of aliphatic carboxylic acids is 1. The van der Waals surface area contributed by atoms with Gasteiger partial charge in [-0.2, -0.15) is 0 Å². The largest absolute Gasteiger partial charge is 0.481 e. The van der Waals surface area contributed by atoms with Gasteiger partial charge in [-0.25, -0.2) is 0 Å². The van der Waals surface area contributed by atoms with E-state index < -0.39 is 11.4 Å². The maximum Gasteiger partial charge on any atom is 0.311 e. The van der Waals surface area contributed by atoms with Crippen LogP contribution < -0.4 is 0 Å². The fourth-order valence-corrected chi connectivity index (χ4v) is 3.06. The van der Waals surface area contributed by atoms with Crippen LogP contribution in [0.25, 0.3) is 0 Å². The molecule has 0 atom stereocenters. The summed E-state index contributed by atoms with van der Waals surface area (Å²) >= 11 is 0. The Bertz CT molecular complexity index is 308. The number of carbonyl (C=O) groups excluding carboxylic acids is 1. The highest BCUT2D eigenvalue weighted by atomic mass is 16.4. The van der Waals surface area contributed by atoms with Crippen LogP contribution in [0.3, 0.4) is 0 Å². The third-order valence-electron chi connectivity index (χ3n) is 4.18. The third kappa shape index (κ3) is 2.61. The molecule has 4 nitrogen and oxygen atoms in total. The second-order valence-corrected chi connectivity index (χ2v) is 5.42. The second-order valence-electron chi connectivity index (χ2n) is 5.42. The molecule has 2 fully saturated rings. The monoisotopic (exact) mass is 239 g/mol. The number of likely N-dealkylation sites (tertiary alicyclic amines) is 1. The van der Waals surface area contributed by atoms with Crippen molar-refractivity contribution in [1.29, 1.82) is 0 Å². The van der Waals surface area contributed by atoms with Gasteiger partial charge in [0.15, 0.2) is 0 Å². The minimum Gasteiger partial charge on any atom is -0.481 e. The van der Waals surface area contributed by atoms with Crippen molar-refractivity contribution in [2.75, 3.05) is 13.1 Å². The van der Waals surface area contributed by atoms with Crippen molar-refractivity contribution in [2.45, 2.75) is 51.4 Å². The summed E-state index contributed by atoms with van der Waals surface area (Å²) in [5.41, 5.74) is -0.653. The molecule has 0 aromatic heterocycles. The Hall–Kier alpha value is -1.06. The Labute approximate surface area is 102 Å². The molecule has 1 N–H and O–H groups in total. The molecule has 0 radical (unpaired) electrons. The lowest BCUT2D eigenvalue weighted by Crippen LogP contribution is -2.44. The van der Waals surface area contributed by atoms with E-state index in [1.807, 2.05) is 0 Å². The number of carboxylic acid groups (broad SMARTS) is 1.